The van der Waals surface area contributed by atoms with Crippen LogP contribution in [-0.2, 0) is 52.4 Å². The maximum atomic E-state index is 11.7. The summed E-state index contributed by atoms with van der Waals surface area (Å²) in [5, 5.41) is 0. The van der Waals surface area contributed by atoms with Crippen molar-refractivity contribution in [2.75, 3.05) is 7.11 Å². The van der Waals surface area contributed by atoms with Crippen molar-refractivity contribution in [3.05, 3.63) is 0 Å². The van der Waals surface area contributed by atoms with E-state index in [4.69, 9.17) is 23.7 Å². The Bertz CT molecular complexity index is 599. The third kappa shape index (κ3) is 6.85. The minimum Gasteiger partial charge on any atom is -0.469 e. The number of rotatable bonds is 6. The zero-order valence-corrected chi connectivity index (χ0v) is 15.6. The van der Waals surface area contributed by atoms with Crippen molar-refractivity contribution < 1.29 is 52.4 Å². The van der Waals surface area contributed by atoms with Gasteiger partial charge in [-0.05, 0) is 0 Å². The molecule has 152 valence electrons. The predicted molar refractivity (Wildman–Crippen MR) is 83.7 cm³/mol. The summed E-state index contributed by atoms with van der Waals surface area (Å²) in [6.07, 6.45) is -7.23. The Morgan fingerprint density at radius 1 is 0.704 bits per heavy atom. The van der Waals surface area contributed by atoms with Crippen LogP contribution in [0.15, 0.2) is 0 Å². The van der Waals surface area contributed by atoms with Crippen molar-refractivity contribution in [1.82, 2.24) is 0 Å². The van der Waals surface area contributed by atoms with Crippen molar-refractivity contribution in [3.63, 3.8) is 0 Å². The summed E-state index contributed by atoms with van der Waals surface area (Å²) in [5.41, 5.74) is 0. The molecule has 0 radical (unpaired) electrons. The van der Waals surface area contributed by atoms with Gasteiger partial charge >= 0.3 is 29.8 Å². The molecule has 1 heterocycles. The SMILES string of the molecule is COC(=O)C[C@H]1O[C@@H](OC(C)=O)[C@@H](OC(C)=O)[C@@H](OC(C)=O)[C@@H]1OC(C)=O. The van der Waals surface area contributed by atoms with E-state index in [0.29, 0.717) is 0 Å². The minimum atomic E-state index is -1.50. The van der Waals surface area contributed by atoms with Gasteiger partial charge in [-0.25, -0.2) is 0 Å². The number of methoxy groups -OCH3 is 1. The van der Waals surface area contributed by atoms with E-state index in [1.54, 1.807) is 0 Å². The smallest absolute Gasteiger partial charge is 0.308 e. The van der Waals surface area contributed by atoms with Crippen LogP contribution in [0, 0.1) is 0 Å². The molecule has 0 aromatic carbocycles. The van der Waals surface area contributed by atoms with Crippen LogP contribution in [0.5, 0.6) is 0 Å². The van der Waals surface area contributed by atoms with Crippen LogP contribution in [0.25, 0.3) is 0 Å². The van der Waals surface area contributed by atoms with Crippen molar-refractivity contribution in [2.24, 2.45) is 0 Å². The second-order valence-corrected chi connectivity index (χ2v) is 5.65. The number of carbonyl (C=O) groups is 5. The molecule has 1 fully saturated rings. The fourth-order valence-electron chi connectivity index (χ4n) is 2.53. The first-order valence-corrected chi connectivity index (χ1v) is 7.96. The van der Waals surface area contributed by atoms with Gasteiger partial charge in [0.2, 0.25) is 12.4 Å². The molecule has 5 atom stereocenters. The lowest BCUT2D eigenvalue weighted by Crippen LogP contribution is -2.62. The average Bonchev–Trinajstić information content (AvgIpc) is 2.52. The molecule has 11 heteroatoms. The molecular weight excluding hydrogens is 368 g/mol. The van der Waals surface area contributed by atoms with Crippen LogP contribution in [0.1, 0.15) is 34.1 Å². The molecule has 1 rings (SSSR count). The molecule has 0 bridgehead atoms. The average molecular weight is 390 g/mol. The maximum absolute atomic E-state index is 11.7. The lowest BCUT2D eigenvalue weighted by Gasteiger charge is -2.43. The first-order valence-electron chi connectivity index (χ1n) is 7.96. The summed E-state index contributed by atoms with van der Waals surface area (Å²) in [7, 11) is 1.14. The van der Waals surface area contributed by atoms with Gasteiger partial charge in [-0.1, -0.05) is 0 Å². The third-order valence-corrected chi connectivity index (χ3v) is 3.37. The van der Waals surface area contributed by atoms with Gasteiger partial charge < -0.3 is 28.4 Å². The molecule has 0 N–H and O–H groups in total. The topological polar surface area (TPSA) is 141 Å². The van der Waals surface area contributed by atoms with Crippen LogP contribution >= 0.6 is 0 Å². The standard InChI is InChI=1S/C16H22O11/c1-7(17)23-13-11(6-12(21)22-5)27-16(26-10(4)20)15(25-9(3)19)14(13)24-8(2)18/h11,13-16H,6H2,1-5H3/t11-,13-,14+,15+,16-/m1/s1. The van der Waals surface area contributed by atoms with Gasteiger partial charge in [-0.15, -0.1) is 0 Å². The quantitative estimate of drug-likeness (QED) is 0.433. The minimum absolute atomic E-state index is 0.406. The Labute approximate surface area is 155 Å². The van der Waals surface area contributed by atoms with Gasteiger partial charge in [0.25, 0.3) is 0 Å². The van der Waals surface area contributed by atoms with Crippen molar-refractivity contribution in [3.8, 4) is 0 Å². The molecule has 1 saturated heterocycles. The molecule has 0 unspecified atom stereocenters. The summed E-state index contributed by atoms with van der Waals surface area (Å²) in [4.78, 5) is 57.6. The Hall–Kier alpha value is -2.69. The van der Waals surface area contributed by atoms with E-state index < -0.39 is 67.0 Å². The molecule has 1 aliphatic heterocycles. The summed E-state index contributed by atoms with van der Waals surface area (Å²) in [6.45, 7) is 4.35. The monoisotopic (exact) mass is 390 g/mol. The second kappa shape index (κ2) is 9.86. The maximum Gasteiger partial charge on any atom is 0.308 e. The van der Waals surface area contributed by atoms with Crippen molar-refractivity contribution >= 4 is 29.8 Å². The highest BCUT2D eigenvalue weighted by atomic mass is 16.7. The number of carbonyl (C=O) groups excluding carboxylic acids is 5. The summed E-state index contributed by atoms with van der Waals surface area (Å²) < 4.78 is 30.5. The number of ether oxygens (including phenoxy) is 6. The van der Waals surface area contributed by atoms with Gasteiger partial charge in [0.15, 0.2) is 12.2 Å². The van der Waals surface area contributed by atoms with Crippen LogP contribution in [0.2, 0.25) is 0 Å². The van der Waals surface area contributed by atoms with Crippen molar-refractivity contribution in [2.45, 2.75) is 64.8 Å². The molecular formula is C16H22O11. The number of hydrogen-bond acceptors (Lipinski definition) is 11. The lowest BCUT2D eigenvalue weighted by atomic mass is 9.96. The highest BCUT2D eigenvalue weighted by molar-refractivity contribution is 5.71. The fourth-order valence-corrected chi connectivity index (χ4v) is 2.53. The Morgan fingerprint density at radius 3 is 1.59 bits per heavy atom. The number of hydrogen-bond donors (Lipinski definition) is 0. The summed E-state index contributed by atoms with van der Waals surface area (Å²) in [6, 6.07) is 0. The van der Waals surface area contributed by atoms with Crippen LogP contribution < -0.4 is 0 Å². The molecule has 27 heavy (non-hydrogen) atoms. The van der Waals surface area contributed by atoms with Gasteiger partial charge in [-0.2, -0.15) is 0 Å². The van der Waals surface area contributed by atoms with E-state index in [2.05, 4.69) is 4.74 Å². The van der Waals surface area contributed by atoms with Crippen LogP contribution in [-0.4, -0.2) is 67.7 Å². The Kier molecular flexibility index (Phi) is 8.16. The van der Waals surface area contributed by atoms with E-state index >= 15 is 0 Å². The van der Waals surface area contributed by atoms with Gasteiger partial charge in [0, 0.05) is 27.7 Å². The summed E-state index contributed by atoms with van der Waals surface area (Å²) >= 11 is 0. The highest BCUT2D eigenvalue weighted by Crippen LogP contribution is 2.31. The normalized spacial score (nSPS) is 27.1. The molecule has 11 nitrogen and oxygen atoms in total. The fraction of sp³-hybridized carbons (Fsp3) is 0.688. The van der Waals surface area contributed by atoms with Gasteiger partial charge in [0.05, 0.1) is 13.5 Å². The Balaban J connectivity index is 3.33. The van der Waals surface area contributed by atoms with E-state index in [9.17, 15) is 24.0 Å². The number of esters is 5. The molecule has 0 saturated carbocycles. The molecule has 0 aromatic rings. The molecule has 1 aliphatic rings. The first kappa shape index (κ1) is 22.4. The van der Waals surface area contributed by atoms with Gasteiger partial charge in [-0.3, -0.25) is 24.0 Å². The third-order valence-electron chi connectivity index (χ3n) is 3.37. The highest BCUT2D eigenvalue weighted by Gasteiger charge is 2.53. The van der Waals surface area contributed by atoms with E-state index in [1.807, 2.05) is 0 Å². The Morgan fingerprint density at radius 2 is 1.15 bits per heavy atom. The van der Waals surface area contributed by atoms with E-state index in [-0.39, 0.29) is 0 Å². The zero-order valence-electron chi connectivity index (χ0n) is 15.6. The molecule has 0 aromatic heterocycles. The summed E-state index contributed by atoms with van der Waals surface area (Å²) in [5.74, 6) is -3.82. The zero-order chi connectivity index (χ0) is 20.7. The largest absolute Gasteiger partial charge is 0.469 e. The molecule has 0 aliphatic carbocycles. The molecule has 0 spiro atoms. The molecule has 0 amide bonds. The second-order valence-electron chi connectivity index (χ2n) is 5.65. The predicted octanol–water partition coefficient (Wildman–Crippen LogP) is -0.367. The van der Waals surface area contributed by atoms with Crippen molar-refractivity contribution in [1.29, 1.82) is 0 Å². The van der Waals surface area contributed by atoms with E-state index in [1.165, 1.54) is 0 Å². The lowest BCUT2D eigenvalue weighted by molar-refractivity contribution is -0.296. The van der Waals surface area contributed by atoms with Crippen LogP contribution in [0.3, 0.4) is 0 Å². The van der Waals surface area contributed by atoms with Gasteiger partial charge in [0.1, 0.15) is 6.10 Å². The van der Waals surface area contributed by atoms with Crippen LogP contribution in [0.4, 0.5) is 0 Å². The first-order chi connectivity index (χ1) is 12.5. The van der Waals surface area contributed by atoms with E-state index in [0.717, 1.165) is 34.8 Å².